The molecule has 3 heterocycles. The van der Waals surface area contributed by atoms with Crippen LogP contribution in [0.1, 0.15) is 73.0 Å². The van der Waals surface area contributed by atoms with E-state index in [0.717, 1.165) is 12.8 Å². The van der Waals surface area contributed by atoms with Gasteiger partial charge in [-0.15, -0.1) is 6.42 Å². The molecular formula is C32H42FN6O9P. The SMILES string of the molecule is C#C[C@]1(CO[P@@](=O)(N[C@@H](C)C(=O)OC(C)C)Oc2ccccc2)O[C@@H](n2cnc3c(N)nc(F)nc32)C[C@@H]1OC(=O)OC(CCC)CCC. The molecule has 1 fully saturated rings. The highest BCUT2D eigenvalue weighted by Gasteiger charge is 2.53. The molecule has 1 aliphatic heterocycles. The largest absolute Gasteiger partial charge is 0.508 e. The summed E-state index contributed by atoms with van der Waals surface area (Å²) in [6, 6.07) is 6.96. The molecule has 17 heteroatoms. The van der Waals surface area contributed by atoms with Crippen LogP contribution >= 0.6 is 7.75 Å². The van der Waals surface area contributed by atoms with E-state index in [-0.39, 0.29) is 29.2 Å². The quantitative estimate of drug-likeness (QED) is 0.0827. The predicted octanol–water partition coefficient (Wildman–Crippen LogP) is 5.46. The highest BCUT2D eigenvalue weighted by atomic mass is 31.2. The van der Waals surface area contributed by atoms with Gasteiger partial charge in [-0.3, -0.25) is 13.9 Å². The molecule has 3 aromatic rings. The van der Waals surface area contributed by atoms with Crippen molar-refractivity contribution < 1.29 is 46.5 Å². The number of aromatic nitrogens is 4. The number of anilines is 1. The molecule has 0 amide bonds. The number of esters is 1. The Kier molecular flexibility index (Phi) is 12.6. The fraction of sp³-hybridized carbons (Fsp3) is 0.531. The van der Waals surface area contributed by atoms with Gasteiger partial charge in [0.25, 0.3) is 0 Å². The van der Waals surface area contributed by atoms with Crippen LogP contribution < -0.4 is 15.3 Å². The number of imidazole rings is 1. The Bertz CT molecular complexity index is 1680. The lowest BCUT2D eigenvalue weighted by Crippen LogP contribution is -2.46. The Hall–Kier alpha value is -4.29. The first-order valence-corrected chi connectivity index (χ1v) is 17.5. The summed E-state index contributed by atoms with van der Waals surface area (Å²) in [6.45, 7) is 8.02. The summed E-state index contributed by atoms with van der Waals surface area (Å²) in [5.74, 6) is 1.74. The van der Waals surface area contributed by atoms with Crippen molar-refractivity contribution in [1.82, 2.24) is 24.6 Å². The number of ether oxygens (including phenoxy) is 4. The van der Waals surface area contributed by atoms with Crippen LogP contribution in [0.5, 0.6) is 5.75 Å². The number of nitrogens with two attached hydrogens (primary N) is 1. The average molecular weight is 705 g/mol. The Balaban J connectivity index is 1.67. The van der Waals surface area contributed by atoms with Gasteiger partial charge in [-0.2, -0.15) is 19.4 Å². The van der Waals surface area contributed by atoms with Crippen molar-refractivity contribution in [2.75, 3.05) is 12.3 Å². The first kappa shape index (κ1) is 37.5. The standard InChI is InChI=1S/C32H42FN6O9P/c1-7-13-22(14-8-2)45-31(41)46-24-17-25(39-19-35-26-27(34)36-30(33)37-28(26)39)47-32(24,9-3)18-43-49(42,48-23-15-11-10-12-16-23)38-21(6)29(40)44-20(4)5/h3,10-12,15-16,19-22,24-25H,7-8,13-14,17-18H2,1-2,4-6H3,(H,38,42)(H2,34,36,37)/t21-,24-,25+,32+,49-/m0/s1. The third-order valence-electron chi connectivity index (χ3n) is 7.46. The second-order valence-corrected chi connectivity index (χ2v) is 13.4. The van der Waals surface area contributed by atoms with Gasteiger partial charge in [-0.05, 0) is 45.7 Å². The van der Waals surface area contributed by atoms with Gasteiger partial charge in [-0.25, -0.2) is 14.3 Å². The number of terminal acetylenes is 1. The number of rotatable bonds is 16. The van der Waals surface area contributed by atoms with Crippen LogP contribution in [0, 0.1) is 18.4 Å². The first-order chi connectivity index (χ1) is 23.3. The molecule has 2 aromatic heterocycles. The molecule has 5 atom stereocenters. The van der Waals surface area contributed by atoms with Crippen LogP contribution in [0.25, 0.3) is 11.2 Å². The molecule has 0 unspecified atom stereocenters. The summed E-state index contributed by atoms with van der Waals surface area (Å²) in [6.07, 6.45) is 4.78. The highest BCUT2D eigenvalue weighted by Crippen LogP contribution is 2.48. The van der Waals surface area contributed by atoms with E-state index in [1.165, 1.54) is 30.0 Å². The fourth-order valence-electron chi connectivity index (χ4n) is 5.17. The molecular weight excluding hydrogens is 662 g/mol. The number of nitrogens with one attached hydrogen (secondary N) is 1. The molecule has 266 valence electrons. The van der Waals surface area contributed by atoms with Crippen molar-refractivity contribution in [2.24, 2.45) is 0 Å². The van der Waals surface area contributed by atoms with Crippen LogP contribution in [-0.4, -0.2) is 68.2 Å². The summed E-state index contributed by atoms with van der Waals surface area (Å²) < 4.78 is 64.4. The minimum atomic E-state index is -4.44. The number of hydrogen-bond acceptors (Lipinski definition) is 13. The van der Waals surface area contributed by atoms with E-state index >= 15 is 0 Å². The van der Waals surface area contributed by atoms with Crippen LogP contribution in [-0.2, 0) is 32.8 Å². The van der Waals surface area contributed by atoms with Gasteiger partial charge in [0.2, 0.25) is 0 Å². The molecule has 1 saturated heterocycles. The van der Waals surface area contributed by atoms with Gasteiger partial charge < -0.3 is 29.2 Å². The van der Waals surface area contributed by atoms with Crippen LogP contribution in [0.3, 0.4) is 0 Å². The number of halogens is 1. The summed E-state index contributed by atoms with van der Waals surface area (Å²) in [7, 11) is -4.44. The lowest BCUT2D eigenvalue weighted by molar-refractivity contribution is -0.149. The number of carbonyl (C=O) groups excluding carboxylic acids is 2. The van der Waals surface area contributed by atoms with E-state index in [9.17, 15) is 18.5 Å². The normalized spacial score (nSPS) is 20.9. The van der Waals surface area contributed by atoms with E-state index in [4.69, 9.17) is 40.2 Å². The third kappa shape index (κ3) is 9.45. The summed E-state index contributed by atoms with van der Waals surface area (Å²) in [5.41, 5.74) is 4.03. The smallest absolute Gasteiger partial charge is 0.462 e. The molecule has 0 saturated carbocycles. The molecule has 15 nitrogen and oxygen atoms in total. The lowest BCUT2D eigenvalue weighted by atomic mass is 9.99. The first-order valence-electron chi connectivity index (χ1n) is 16.0. The maximum absolute atomic E-state index is 14.3. The van der Waals surface area contributed by atoms with Gasteiger partial charge in [-0.1, -0.05) is 50.8 Å². The maximum Gasteiger partial charge on any atom is 0.508 e. The Morgan fingerprint density at radius 2 is 1.88 bits per heavy atom. The molecule has 1 aliphatic rings. The Morgan fingerprint density at radius 3 is 2.51 bits per heavy atom. The average Bonchev–Trinajstić information content (AvgIpc) is 3.62. The number of carbonyl (C=O) groups is 2. The number of nitrogens with zero attached hydrogens (tertiary/aromatic N) is 4. The zero-order valence-electron chi connectivity index (χ0n) is 28.0. The minimum Gasteiger partial charge on any atom is -0.462 e. The molecule has 0 bridgehead atoms. The Morgan fingerprint density at radius 1 is 1.18 bits per heavy atom. The second-order valence-electron chi connectivity index (χ2n) is 11.7. The van der Waals surface area contributed by atoms with Crippen molar-refractivity contribution in [2.45, 2.75) is 103 Å². The molecule has 1 aromatic carbocycles. The molecule has 0 radical (unpaired) electrons. The van der Waals surface area contributed by atoms with E-state index in [0.29, 0.717) is 12.8 Å². The minimum absolute atomic E-state index is 0.00624. The summed E-state index contributed by atoms with van der Waals surface area (Å²) in [4.78, 5) is 37.3. The highest BCUT2D eigenvalue weighted by molar-refractivity contribution is 7.52. The van der Waals surface area contributed by atoms with Gasteiger partial charge in [0, 0.05) is 6.42 Å². The molecule has 49 heavy (non-hydrogen) atoms. The van der Waals surface area contributed by atoms with Crippen molar-refractivity contribution in [3.8, 4) is 18.1 Å². The van der Waals surface area contributed by atoms with Crippen LogP contribution in [0.15, 0.2) is 36.7 Å². The fourth-order valence-corrected chi connectivity index (χ4v) is 6.69. The zero-order valence-corrected chi connectivity index (χ0v) is 28.9. The van der Waals surface area contributed by atoms with Crippen molar-refractivity contribution in [3.63, 3.8) is 0 Å². The monoisotopic (exact) mass is 704 g/mol. The summed E-state index contributed by atoms with van der Waals surface area (Å²) in [5, 5.41) is 2.59. The van der Waals surface area contributed by atoms with E-state index < -0.39 is 68.7 Å². The molecule has 3 N–H and O–H groups in total. The molecule has 0 aliphatic carbocycles. The molecule has 0 spiro atoms. The third-order valence-corrected chi connectivity index (χ3v) is 9.08. The van der Waals surface area contributed by atoms with E-state index in [2.05, 4.69) is 26.0 Å². The predicted molar refractivity (Wildman–Crippen MR) is 175 cm³/mol. The van der Waals surface area contributed by atoms with Gasteiger partial charge in [0.15, 0.2) is 28.7 Å². The van der Waals surface area contributed by atoms with Crippen molar-refractivity contribution in [3.05, 3.63) is 42.7 Å². The lowest BCUT2D eigenvalue weighted by Gasteiger charge is -2.31. The van der Waals surface area contributed by atoms with E-state index in [1.807, 2.05) is 13.8 Å². The number of hydrogen-bond donors (Lipinski definition) is 2. The van der Waals surface area contributed by atoms with Crippen LogP contribution in [0.4, 0.5) is 15.0 Å². The second kappa shape index (κ2) is 16.4. The topological polar surface area (TPSA) is 188 Å². The van der Waals surface area contributed by atoms with Gasteiger partial charge in [0.1, 0.15) is 30.7 Å². The van der Waals surface area contributed by atoms with Gasteiger partial charge >= 0.3 is 25.9 Å². The summed E-state index contributed by atoms with van der Waals surface area (Å²) >= 11 is 0. The number of nitrogen functional groups attached to an aromatic ring is 1. The number of benzene rings is 1. The number of fused-ring (bicyclic) bond motifs is 1. The van der Waals surface area contributed by atoms with Crippen molar-refractivity contribution >= 4 is 36.9 Å². The zero-order chi connectivity index (χ0) is 35.8. The van der Waals surface area contributed by atoms with E-state index in [1.54, 1.807) is 32.0 Å². The van der Waals surface area contributed by atoms with Gasteiger partial charge in [0.05, 0.1) is 12.4 Å². The van der Waals surface area contributed by atoms with Crippen molar-refractivity contribution in [1.29, 1.82) is 0 Å². The Labute approximate surface area is 283 Å². The maximum atomic E-state index is 14.3. The molecule has 4 rings (SSSR count). The van der Waals surface area contributed by atoms with Crippen LogP contribution in [0.2, 0.25) is 0 Å². The number of para-hydroxylation sites is 1.